The zero-order valence-corrected chi connectivity index (χ0v) is 10.4. The fraction of sp³-hybridized carbons (Fsp3) is 0.385. The Morgan fingerprint density at radius 1 is 1.28 bits per heavy atom. The van der Waals surface area contributed by atoms with Gasteiger partial charge >= 0.3 is 5.97 Å². The van der Waals surface area contributed by atoms with E-state index in [9.17, 15) is 9.59 Å². The van der Waals surface area contributed by atoms with Crippen molar-refractivity contribution < 1.29 is 14.3 Å². The topological polar surface area (TPSA) is 81.4 Å². The minimum Gasteiger partial charge on any atom is -0.466 e. The molecule has 0 spiro atoms. The van der Waals surface area contributed by atoms with Gasteiger partial charge in [-0.15, -0.1) is 0 Å². The highest BCUT2D eigenvalue weighted by Crippen LogP contribution is 2.05. The van der Waals surface area contributed by atoms with Gasteiger partial charge in [0.15, 0.2) is 0 Å². The lowest BCUT2D eigenvalue weighted by molar-refractivity contribution is -0.145. The monoisotopic (exact) mass is 250 g/mol. The highest BCUT2D eigenvalue weighted by molar-refractivity contribution is 5.94. The minimum absolute atomic E-state index is 0.227. The first-order valence-electron chi connectivity index (χ1n) is 5.88. The number of hydrogen-bond donors (Lipinski definition) is 2. The molecule has 0 radical (unpaired) electrons. The van der Waals surface area contributed by atoms with Crippen LogP contribution in [0.1, 0.15) is 18.9 Å². The standard InChI is InChI=1S/C13H18N2O3/c1-2-18-13(17)9-12(16)15-8-7-10-3-5-11(14)6-4-10/h3-6H,2,7-9,14H2,1H3,(H,15,16). The van der Waals surface area contributed by atoms with Crippen LogP contribution >= 0.6 is 0 Å². The van der Waals surface area contributed by atoms with Gasteiger partial charge in [-0.05, 0) is 31.0 Å². The molecule has 1 amide bonds. The zero-order chi connectivity index (χ0) is 13.4. The number of nitrogens with one attached hydrogen (secondary N) is 1. The summed E-state index contributed by atoms with van der Waals surface area (Å²) < 4.78 is 4.68. The molecule has 5 nitrogen and oxygen atoms in total. The summed E-state index contributed by atoms with van der Waals surface area (Å²) in [5.41, 5.74) is 7.36. The molecule has 0 aliphatic heterocycles. The molecule has 0 aliphatic rings. The Balaban J connectivity index is 2.23. The zero-order valence-electron chi connectivity index (χ0n) is 10.4. The van der Waals surface area contributed by atoms with Crippen LogP contribution < -0.4 is 11.1 Å². The normalized spacial score (nSPS) is 9.83. The van der Waals surface area contributed by atoms with Crippen LogP contribution in [0.4, 0.5) is 5.69 Å². The Morgan fingerprint density at radius 3 is 2.56 bits per heavy atom. The van der Waals surface area contributed by atoms with E-state index in [1.54, 1.807) is 6.92 Å². The highest BCUT2D eigenvalue weighted by atomic mass is 16.5. The molecule has 0 heterocycles. The number of anilines is 1. The molecule has 3 N–H and O–H groups in total. The van der Waals surface area contributed by atoms with Gasteiger partial charge in [-0.25, -0.2) is 0 Å². The second-order valence-corrected chi connectivity index (χ2v) is 3.82. The molecule has 0 fully saturated rings. The minimum atomic E-state index is -0.498. The maximum atomic E-state index is 11.3. The van der Waals surface area contributed by atoms with Gasteiger partial charge in [0.05, 0.1) is 6.61 Å². The van der Waals surface area contributed by atoms with Crippen LogP contribution in [-0.4, -0.2) is 25.0 Å². The molecule has 98 valence electrons. The van der Waals surface area contributed by atoms with E-state index in [1.165, 1.54) is 0 Å². The number of esters is 1. The summed E-state index contributed by atoms with van der Waals surface area (Å²) in [6.07, 6.45) is 0.477. The van der Waals surface area contributed by atoms with Crippen LogP contribution in [0.25, 0.3) is 0 Å². The Labute approximate surface area is 106 Å². The predicted molar refractivity (Wildman–Crippen MR) is 68.8 cm³/mol. The molecule has 5 heteroatoms. The van der Waals surface area contributed by atoms with Gasteiger partial charge in [0, 0.05) is 12.2 Å². The summed E-state index contributed by atoms with van der Waals surface area (Å²) in [5, 5.41) is 2.66. The van der Waals surface area contributed by atoms with E-state index in [2.05, 4.69) is 10.1 Å². The van der Waals surface area contributed by atoms with Crippen molar-refractivity contribution in [3.8, 4) is 0 Å². The largest absolute Gasteiger partial charge is 0.466 e. The number of amides is 1. The van der Waals surface area contributed by atoms with Gasteiger partial charge in [-0.1, -0.05) is 12.1 Å². The number of nitrogens with two attached hydrogens (primary N) is 1. The average molecular weight is 250 g/mol. The van der Waals surface area contributed by atoms with Crippen molar-refractivity contribution in [1.29, 1.82) is 0 Å². The second kappa shape index (κ2) is 7.32. The second-order valence-electron chi connectivity index (χ2n) is 3.82. The Kier molecular flexibility index (Phi) is 5.70. The number of benzene rings is 1. The first-order chi connectivity index (χ1) is 8.61. The fourth-order valence-corrected chi connectivity index (χ4v) is 1.44. The summed E-state index contributed by atoms with van der Waals surface area (Å²) in [6, 6.07) is 7.45. The summed E-state index contributed by atoms with van der Waals surface area (Å²) in [5.74, 6) is -0.814. The van der Waals surface area contributed by atoms with E-state index in [0.717, 1.165) is 5.56 Å². The highest BCUT2D eigenvalue weighted by Gasteiger charge is 2.08. The number of nitrogen functional groups attached to an aromatic ring is 1. The maximum Gasteiger partial charge on any atom is 0.315 e. The van der Waals surface area contributed by atoms with Crippen molar-refractivity contribution in [3.05, 3.63) is 29.8 Å². The van der Waals surface area contributed by atoms with Crippen molar-refractivity contribution in [1.82, 2.24) is 5.32 Å². The third-order valence-corrected chi connectivity index (χ3v) is 2.33. The lowest BCUT2D eigenvalue weighted by Gasteiger charge is -2.05. The number of ether oxygens (including phenoxy) is 1. The molecule has 0 aliphatic carbocycles. The van der Waals surface area contributed by atoms with E-state index in [0.29, 0.717) is 18.7 Å². The van der Waals surface area contributed by atoms with Crippen molar-refractivity contribution in [2.75, 3.05) is 18.9 Å². The number of rotatable bonds is 6. The Morgan fingerprint density at radius 2 is 1.94 bits per heavy atom. The molecule has 0 unspecified atom stereocenters. The van der Waals surface area contributed by atoms with Gasteiger partial charge in [0.25, 0.3) is 0 Å². The van der Waals surface area contributed by atoms with Crippen LogP contribution in [0, 0.1) is 0 Å². The van der Waals surface area contributed by atoms with Crippen LogP contribution in [-0.2, 0) is 20.7 Å². The van der Waals surface area contributed by atoms with Gasteiger partial charge in [-0.2, -0.15) is 0 Å². The van der Waals surface area contributed by atoms with Crippen molar-refractivity contribution in [2.24, 2.45) is 0 Å². The van der Waals surface area contributed by atoms with E-state index in [-0.39, 0.29) is 18.9 Å². The molecular weight excluding hydrogens is 232 g/mol. The van der Waals surface area contributed by atoms with E-state index in [1.807, 2.05) is 24.3 Å². The van der Waals surface area contributed by atoms with E-state index >= 15 is 0 Å². The van der Waals surface area contributed by atoms with Crippen LogP contribution in [0.15, 0.2) is 24.3 Å². The number of carbonyl (C=O) groups excluding carboxylic acids is 2. The maximum absolute atomic E-state index is 11.3. The van der Waals surface area contributed by atoms with E-state index in [4.69, 9.17) is 5.73 Å². The van der Waals surface area contributed by atoms with Crippen molar-refractivity contribution >= 4 is 17.6 Å². The number of hydrogen-bond acceptors (Lipinski definition) is 4. The molecule has 0 aromatic heterocycles. The van der Waals surface area contributed by atoms with Crippen LogP contribution in [0.2, 0.25) is 0 Å². The van der Waals surface area contributed by atoms with Gasteiger partial charge in [0.2, 0.25) is 5.91 Å². The molecule has 18 heavy (non-hydrogen) atoms. The van der Waals surface area contributed by atoms with Gasteiger partial charge in [0.1, 0.15) is 6.42 Å². The lowest BCUT2D eigenvalue weighted by atomic mass is 10.1. The molecule has 1 aromatic carbocycles. The molecule has 0 atom stereocenters. The molecular formula is C13H18N2O3. The molecule has 1 rings (SSSR count). The summed E-state index contributed by atoms with van der Waals surface area (Å²) in [7, 11) is 0. The third-order valence-electron chi connectivity index (χ3n) is 2.33. The molecule has 0 saturated carbocycles. The summed E-state index contributed by atoms with van der Waals surface area (Å²) in [4.78, 5) is 22.4. The van der Waals surface area contributed by atoms with Crippen molar-refractivity contribution in [3.63, 3.8) is 0 Å². The van der Waals surface area contributed by atoms with Gasteiger partial charge < -0.3 is 15.8 Å². The quantitative estimate of drug-likeness (QED) is 0.446. The lowest BCUT2D eigenvalue weighted by Crippen LogP contribution is -2.28. The smallest absolute Gasteiger partial charge is 0.315 e. The first-order valence-corrected chi connectivity index (χ1v) is 5.88. The van der Waals surface area contributed by atoms with Crippen molar-refractivity contribution in [2.45, 2.75) is 19.8 Å². The fourth-order valence-electron chi connectivity index (χ4n) is 1.44. The van der Waals surface area contributed by atoms with Crippen LogP contribution in [0.3, 0.4) is 0 Å². The molecule has 0 saturated heterocycles. The predicted octanol–water partition coefficient (Wildman–Crippen LogP) is 0.881. The van der Waals surface area contributed by atoms with Crippen LogP contribution in [0.5, 0.6) is 0 Å². The number of carbonyl (C=O) groups is 2. The summed E-state index contributed by atoms with van der Waals surface area (Å²) >= 11 is 0. The van der Waals surface area contributed by atoms with Gasteiger partial charge in [-0.3, -0.25) is 9.59 Å². The molecule has 1 aromatic rings. The van der Waals surface area contributed by atoms with E-state index < -0.39 is 5.97 Å². The first kappa shape index (κ1) is 14.0. The molecule has 0 bridgehead atoms. The Bertz CT molecular complexity index is 401. The SMILES string of the molecule is CCOC(=O)CC(=O)NCCc1ccc(N)cc1. The summed E-state index contributed by atoms with van der Waals surface area (Å²) in [6.45, 7) is 2.48. The Hall–Kier alpha value is -2.04. The average Bonchev–Trinajstić information content (AvgIpc) is 2.32. The third kappa shape index (κ3) is 5.34.